The fraction of sp³-hybridized carbons (Fsp3) is 0.280. The number of nitrogens with one attached hydrogen (secondary N) is 1. The molecule has 1 aromatic heterocycles. The summed E-state index contributed by atoms with van der Waals surface area (Å²) in [5.41, 5.74) is 1.19. The van der Waals surface area contributed by atoms with E-state index < -0.39 is 17.9 Å². The molecule has 1 aliphatic rings. The molecule has 33 heavy (non-hydrogen) atoms. The number of aliphatic carboxylic acids is 1. The van der Waals surface area contributed by atoms with Crippen LogP contribution in [0.5, 0.6) is 11.5 Å². The predicted octanol–water partition coefficient (Wildman–Crippen LogP) is 5.02. The van der Waals surface area contributed by atoms with Crippen molar-refractivity contribution in [2.24, 2.45) is 11.8 Å². The van der Waals surface area contributed by atoms with Gasteiger partial charge in [0.2, 0.25) is 5.91 Å². The van der Waals surface area contributed by atoms with Gasteiger partial charge in [0.05, 0.1) is 12.0 Å². The van der Waals surface area contributed by atoms with Crippen molar-refractivity contribution >= 4 is 23.5 Å². The van der Waals surface area contributed by atoms with E-state index in [4.69, 9.17) is 16.3 Å². The Bertz CT molecular complexity index is 1110. The number of carbonyl (C=O) groups is 2. The Labute approximate surface area is 196 Å². The van der Waals surface area contributed by atoms with Gasteiger partial charge in [0.25, 0.3) is 0 Å². The second-order valence-corrected chi connectivity index (χ2v) is 8.41. The second-order valence-electron chi connectivity index (χ2n) is 8.06. The van der Waals surface area contributed by atoms with Gasteiger partial charge in [-0.3, -0.25) is 14.6 Å². The first-order valence-electron chi connectivity index (χ1n) is 10.8. The van der Waals surface area contributed by atoms with Crippen LogP contribution in [0.2, 0.25) is 5.15 Å². The van der Waals surface area contributed by atoms with Crippen LogP contribution >= 0.6 is 11.6 Å². The topological polar surface area (TPSA) is 101 Å². The Morgan fingerprint density at radius 2 is 1.64 bits per heavy atom. The summed E-state index contributed by atoms with van der Waals surface area (Å²) in [5.74, 6) is -0.567. The zero-order valence-corrected chi connectivity index (χ0v) is 18.6. The summed E-state index contributed by atoms with van der Waals surface area (Å²) in [5, 5.41) is 12.6. The molecule has 8 heteroatoms. The van der Waals surface area contributed by atoms with Crippen molar-refractivity contribution in [3.05, 3.63) is 83.4 Å². The maximum absolute atomic E-state index is 13.1. The van der Waals surface area contributed by atoms with E-state index in [0.29, 0.717) is 37.1 Å². The van der Waals surface area contributed by atoms with Crippen molar-refractivity contribution in [3.63, 3.8) is 0 Å². The predicted molar refractivity (Wildman–Crippen MR) is 123 cm³/mol. The second kappa shape index (κ2) is 10.4. The molecule has 2 aromatic carbocycles. The highest BCUT2D eigenvalue weighted by molar-refractivity contribution is 6.30. The molecule has 4 rings (SSSR count). The van der Waals surface area contributed by atoms with Crippen LogP contribution in [0.4, 0.5) is 0 Å². The monoisotopic (exact) mass is 465 g/mol. The van der Waals surface area contributed by atoms with E-state index in [1.807, 2.05) is 54.6 Å². The molecular formula is C25H24ClN3O4. The van der Waals surface area contributed by atoms with Crippen LogP contribution < -0.4 is 10.1 Å². The van der Waals surface area contributed by atoms with Crippen molar-refractivity contribution in [1.29, 1.82) is 0 Å². The smallest absolute Gasteiger partial charge is 0.306 e. The van der Waals surface area contributed by atoms with Crippen LogP contribution in [0.15, 0.2) is 67.0 Å². The number of hydrogen-bond donors (Lipinski definition) is 2. The van der Waals surface area contributed by atoms with E-state index in [9.17, 15) is 14.7 Å². The fourth-order valence-electron chi connectivity index (χ4n) is 4.10. The molecule has 3 aromatic rings. The molecule has 3 atom stereocenters. The van der Waals surface area contributed by atoms with Gasteiger partial charge in [-0.05, 0) is 49.1 Å². The maximum Gasteiger partial charge on any atom is 0.306 e. The van der Waals surface area contributed by atoms with Gasteiger partial charge in [-0.25, -0.2) is 4.98 Å². The average molecular weight is 466 g/mol. The lowest BCUT2D eigenvalue weighted by Crippen LogP contribution is -2.38. The number of carbonyl (C=O) groups excluding carboxylic acids is 1. The summed E-state index contributed by atoms with van der Waals surface area (Å²) in [6, 6.07) is 16.1. The lowest BCUT2D eigenvalue weighted by atomic mass is 9.81. The average Bonchev–Trinajstić information content (AvgIpc) is 2.84. The van der Waals surface area contributed by atoms with Crippen molar-refractivity contribution in [3.8, 4) is 11.5 Å². The third kappa shape index (κ3) is 5.68. The van der Waals surface area contributed by atoms with Crippen LogP contribution in [-0.4, -0.2) is 27.0 Å². The Balaban J connectivity index is 1.56. The summed E-state index contributed by atoms with van der Waals surface area (Å²) in [6.07, 6.45) is 5.29. The van der Waals surface area contributed by atoms with Crippen molar-refractivity contribution in [2.45, 2.75) is 31.7 Å². The summed E-state index contributed by atoms with van der Waals surface area (Å²) in [6.45, 7) is 0. The normalized spacial score (nSPS) is 18.8. The van der Waals surface area contributed by atoms with E-state index in [1.165, 1.54) is 12.4 Å². The number of hydrogen-bond acceptors (Lipinski definition) is 5. The van der Waals surface area contributed by atoms with E-state index >= 15 is 0 Å². The van der Waals surface area contributed by atoms with Crippen molar-refractivity contribution in [1.82, 2.24) is 15.3 Å². The van der Waals surface area contributed by atoms with E-state index in [2.05, 4.69) is 15.3 Å². The molecule has 0 spiro atoms. The molecule has 0 saturated heterocycles. The van der Waals surface area contributed by atoms with Gasteiger partial charge in [0.1, 0.15) is 17.2 Å². The van der Waals surface area contributed by atoms with E-state index in [-0.39, 0.29) is 17.0 Å². The number of aromatic nitrogens is 2. The largest absolute Gasteiger partial charge is 0.481 e. The maximum atomic E-state index is 13.1. The Morgan fingerprint density at radius 1 is 0.970 bits per heavy atom. The number of para-hydroxylation sites is 1. The van der Waals surface area contributed by atoms with Crippen LogP contribution in [-0.2, 0) is 9.59 Å². The number of halogens is 1. The highest BCUT2D eigenvalue weighted by Gasteiger charge is 2.33. The van der Waals surface area contributed by atoms with Crippen molar-refractivity contribution in [2.75, 3.05) is 0 Å². The lowest BCUT2D eigenvalue weighted by molar-refractivity contribution is -0.144. The van der Waals surface area contributed by atoms with Crippen LogP contribution in [0.1, 0.15) is 43.0 Å². The van der Waals surface area contributed by atoms with Gasteiger partial charge in [-0.2, -0.15) is 0 Å². The van der Waals surface area contributed by atoms with Gasteiger partial charge >= 0.3 is 5.97 Å². The number of nitrogens with zero attached hydrogens (tertiary/aromatic N) is 2. The highest BCUT2D eigenvalue weighted by atomic mass is 35.5. The molecule has 1 aliphatic carbocycles. The zero-order chi connectivity index (χ0) is 23.2. The number of rotatable bonds is 7. The van der Waals surface area contributed by atoms with Crippen LogP contribution in [0.25, 0.3) is 0 Å². The minimum atomic E-state index is -0.852. The van der Waals surface area contributed by atoms with Gasteiger partial charge in [0, 0.05) is 18.3 Å². The standard InChI is InChI=1S/C25H24ClN3O4/c26-23-22(27-13-14-28-23)21(29-24(30)17-5-4-6-18(15-17)25(31)32)16-9-11-20(12-10-16)33-19-7-2-1-3-8-19/h1-3,7-14,17-18,21H,4-6,15H2,(H,29,30)(H,31,32)/t17-,18-,21?/m0/s1. The first-order valence-corrected chi connectivity index (χ1v) is 11.2. The van der Waals surface area contributed by atoms with Gasteiger partial charge in [0.15, 0.2) is 5.15 Å². The highest BCUT2D eigenvalue weighted by Crippen LogP contribution is 2.32. The lowest BCUT2D eigenvalue weighted by Gasteiger charge is -2.28. The van der Waals surface area contributed by atoms with E-state index in [1.54, 1.807) is 0 Å². The SMILES string of the molecule is O=C(O)[C@H]1CCC[C@H](C(=O)NC(c2ccc(Oc3ccccc3)cc2)c2nccnc2Cl)C1. The summed E-state index contributed by atoms with van der Waals surface area (Å²) < 4.78 is 5.86. The van der Waals surface area contributed by atoms with Gasteiger partial charge in [-0.15, -0.1) is 0 Å². The Kier molecular flexibility index (Phi) is 7.19. The molecule has 1 fully saturated rings. The Morgan fingerprint density at radius 3 is 2.33 bits per heavy atom. The number of carboxylic acid groups (broad SMARTS) is 1. The summed E-state index contributed by atoms with van der Waals surface area (Å²) in [4.78, 5) is 33.0. The molecule has 1 amide bonds. The molecule has 0 aliphatic heterocycles. The van der Waals surface area contributed by atoms with Crippen molar-refractivity contribution < 1.29 is 19.4 Å². The third-order valence-corrected chi connectivity index (χ3v) is 6.12. The molecule has 170 valence electrons. The first-order chi connectivity index (χ1) is 16.0. The summed E-state index contributed by atoms with van der Waals surface area (Å²) in [7, 11) is 0. The molecular weight excluding hydrogens is 442 g/mol. The molecule has 0 radical (unpaired) electrons. The van der Waals surface area contributed by atoms with Gasteiger partial charge in [-0.1, -0.05) is 48.4 Å². The number of carboxylic acids is 1. The zero-order valence-electron chi connectivity index (χ0n) is 17.9. The molecule has 1 unspecified atom stereocenters. The minimum Gasteiger partial charge on any atom is -0.481 e. The molecule has 7 nitrogen and oxygen atoms in total. The number of amides is 1. The first kappa shape index (κ1) is 22.7. The minimum absolute atomic E-state index is 0.194. The quantitative estimate of drug-likeness (QED) is 0.508. The number of ether oxygens (including phenoxy) is 1. The van der Waals surface area contributed by atoms with Gasteiger partial charge < -0.3 is 15.2 Å². The fourth-order valence-corrected chi connectivity index (χ4v) is 4.31. The number of benzene rings is 2. The Hall–Kier alpha value is -3.45. The van der Waals surface area contributed by atoms with Crippen LogP contribution in [0.3, 0.4) is 0 Å². The third-order valence-electron chi connectivity index (χ3n) is 5.83. The summed E-state index contributed by atoms with van der Waals surface area (Å²) >= 11 is 6.31. The van der Waals surface area contributed by atoms with Crippen LogP contribution in [0, 0.1) is 11.8 Å². The molecule has 1 heterocycles. The molecule has 2 N–H and O–H groups in total. The van der Waals surface area contributed by atoms with E-state index in [0.717, 1.165) is 11.3 Å². The molecule has 0 bridgehead atoms. The molecule has 1 saturated carbocycles.